The molecule has 2 amide bonds. The van der Waals surface area contributed by atoms with Gasteiger partial charge in [-0.2, -0.15) is 0 Å². The third-order valence-electron chi connectivity index (χ3n) is 4.66. The van der Waals surface area contributed by atoms with E-state index in [0.29, 0.717) is 28.4 Å². The summed E-state index contributed by atoms with van der Waals surface area (Å²) in [5, 5.41) is 2.89. The largest absolute Gasteiger partial charge is 0.497 e. The van der Waals surface area contributed by atoms with E-state index in [4.69, 9.17) is 19.9 Å². The van der Waals surface area contributed by atoms with Crippen molar-refractivity contribution in [3.05, 3.63) is 89.0 Å². The second kappa shape index (κ2) is 10.2. The van der Waals surface area contributed by atoms with E-state index in [-0.39, 0.29) is 19.1 Å². The second-order valence-corrected chi connectivity index (χ2v) is 6.71. The van der Waals surface area contributed by atoms with Crippen molar-refractivity contribution in [1.29, 1.82) is 0 Å². The summed E-state index contributed by atoms with van der Waals surface area (Å²) in [5.41, 5.74) is 7.77. The molecule has 0 fully saturated rings. The average Bonchev–Trinajstić information content (AvgIpc) is 2.81. The molecule has 0 bridgehead atoms. The van der Waals surface area contributed by atoms with E-state index >= 15 is 0 Å². The number of para-hydroxylation sites is 1. The summed E-state index contributed by atoms with van der Waals surface area (Å²) in [5.74, 6) is 0.952. The van der Waals surface area contributed by atoms with Gasteiger partial charge in [0.05, 0.1) is 19.8 Å². The molecule has 7 heteroatoms. The van der Waals surface area contributed by atoms with Gasteiger partial charge in [-0.05, 0) is 48.0 Å². The lowest BCUT2D eigenvalue weighted by Gasteiger charge is -2.12. The highest BCUT2D eigenvalue weighted by molar-refractivity contribution is 5.95. The lowest BCUT2D eigenvalue weighted by atomic mass is 10.1. The minimum absolute atomic E-state index is 0.190. The normalized spacial score (nSPS) is 10.3. The van der Waals surface area contributed by atoms with Gasteiger partial charge in [-0.1, -0.05) is 24.3 Å². The number of nitrogens with one attached hydrogen (secondary N) is 1. The Morgan fingerprint density at radius 3 is 2.45 bits per heavy atom. The molecule has 0 aliphatic heterocycles. The van der Waals surface area contributed by atoms with E-state index in [2.05, 4.69) is 5.32 Å². The van der Waals surface area contributed by atoms with E-state index < -0.39 is 5.91 Å². The molecule has 0 unspecified atom stereocenters. The van der Waals surface area contributed by atoms with Crippen molar-refractivity contribution >= 4 is 11.8 Å². The second-order valence-electron chi connectivity index (χ2n) is 6.71. The Kier molecular flexibility index (Phi) is 7.11. The highest BCUT2D eigenvalue weighted by Gasteiger charge is 2.11. The van der Waals surface area contributed by atoms with E-state index in [1.807, 2.05) is 12.1 Å². The van der Waals surface area contributed by atoms with E-state index in [1.165, 1.54) is 0 Å². The van der Waals surface area contributed by atoms with Crippen LogP contribution < -0.4 is 25.3 Å². The highest BCUT2D eigenvalue weighted by atomic mass is 16.5. The Morgan fingerprint density at radius 2 is 1.71 bits per heavy atom. The van der Waals surface area contributed by atoms with Gasteiger partial charge in [0.2, 0.25) is 0 Å². The van der Waals surface area contributed by atoms with E-state index in [1.54, 1.807) is 68.8 Å². The van der Waals surface area contributed by atoms with Crippen LogP contribution in [-0.4, -0.2) is 26.0 Å². The maximum absolute atomic E-state index is 12.7. The number of nitrogens with two attached hydrogens (primary N) is 1. The Bertz CT molecular complexity index is 1080. The molecule has 0 aromatic heterocycles. The number of amides is 2. The van der Waals surface area contributed by atoms with Crippen molar-refractivity contribution in [3.63, 3.8) is 0 Å². The Labute approximate surface area is 180 Å². The number of benzene rings is 3. The fourth-order valence-corrected chi connectivity index (χ4v) is 3.06. The number of hydrogen-bond donors (Lipinski definition) is 2. The van der Waals surface area contributed by atoms with Gasteiger partial charge < -0.3 is 25.3 Å². The molecule has 3 aromatic carbocycles. The average molecular weight is 420 g/mol. The molecule has 0 aliphatic carbocycles. The number of hydrogen-bond acceptors (Lipinski definition) is 5. The Balaban J connectivity index is 1.66. The first kappa shape index (κ1) is 21.7. The molecule has 7 nitrogen and oxygen atoms in total. The van der Waals surface area contributed by atoms with E-state index in [9.17, 15) is 9.59 Å². The van der Waals surface area contributed by atoms with Crippen LogP contribution >= 0.6 is 0 Å². The van der Waals surface area contributed by atoms with Gasteiger partial charge in [0.1, 0.15) is 23.9 Å². The Morgan fingerprint density at radius 1 is 0.903 bits per heavy atom. The molecular weight excluding hydrogens is 396 g/mol. The lowest BCUT2D eigenvalue weighted by molar-refractivity contribution is 0.0949. The molecule has 0 heterocycles. The molecule has 3 aromatic rings. The molecule has 0 spiro atoms. The number of methoxy groups -OCH3 is 2. The summed E-state index contributed by atoms with van der Waals surface area (Å²) < 4.78 is 16.3. The van der Waals surface area contributed by atoms with Gasteiger partial charge in [-0.3, -0.25) is 9.59 Å². The van der Waals surface area contributed by atoms with Crippen molar-refractivity contribution in [3.8, 4) is 17.2 Å². The first-order chi connectivity index (χ1) is 15.0. The van der Waals surface area contributed by atoms with Crippen LogP contribution in [0.2, 0.25) is 0 Å². The van der Waals surface area contributed by atoms with Gasteiger partial charge in [0.15, 0.2) is 0 Å². The summed E-state index contributed by atoms with van der Waals surface area (Å²) in [6, 6.07) is 19.3. The third-order valence-corrected chi connectivity index (χ3v) is 4.66. The number of ether oxygens (including phenoxy) is 3. The molecule has 3 N–H and O–H groups in total. The van der Waals surface area contributed by atoms with Gasteiger partial charge in [-0.25, -0.2) is 0 Å². The van der Waals surface area contributed by atoms with Crippen molar-refractivity contribution < 1.29 is 23.8 Å². The highest BCUT2D eigenvalue weighted by Crippen LogP contribution is 2.24. The fraction of sp³-hybridized carbons (Fsp3) is 0.167. The molecule has 31 heavy (non-hydrogen) atoms. The zero-order valence-corrected chi connectivity index (χ0v) is 17.4. The molecular formula is C24H24N2O5. The van der Waals surface area contributed by atoms with Crippen molar-refractivity contribution in [2.45, 2.75) is 13.2 Å². The zero-order chi connectivity index (χ0) is 22.2. The number of primary amides is 1. The molecule has 3 rings (SSSR count). The molecule has 0 radical (unpaired) electrons. The van der Waals surface area contributed by atoms with Gasteiger partial charge in [0.25, 0.3) is 11.8 Å². The predicted octanol–water partition coefficient (Wildman–Crippen LogP) is 3.31. The van der Waals surface area contributed by atoms with Crippen molar-refractivity contribution in [2.24, 2.45) is 5.73 Å². The minimum atomic E-state index is -0.559. The summed E-state index contributed by atoms with van der Waals surface area (Å²) in [6.07, 6.45) is 0. The smallest absolute Gasteiger partial charge is 0.252 e. The third kappa shape index (κ3) is 5.54. The van der Waals surface area contributed by atoms with Crippen molar-refractivity contribution in [2.75, 3.05) is 14.2 Å². The fourth-order valence-electron chi connectivity index (χ4n) is 3.06. The first-order valence-corrected chi connectivity index (χ1v) is 9.61. The van der Waals surface area contributed by atoms with Crippen molar-refractivity contribution in [1.82, 2.24) is 5.32 Å². The summed E-state index contributed by atoms with van der Waals surface area (Å²) in [6.45, 7) is 0.473. The van der Waals surface area contributed by atoms with Crippen LogP contribution in [0.1, 0.15) is 31.8 Å². The molecule has 0 saturated carbocycles. The summed E-state index contributed by atoms with van der Waals surface area (Å²) in [4.78, 5) is 24.2. The van der Waals surface area contributed by atoms with E-state index in [0.717, 1.165) is 11.1 Å². The van der Waals surface area contributed by atoms with Crippen LogP contribution in [0.5, 0.6) is 17.2 Å². The topological polar surface area (TPSA) is 99.9 Å². The number of carbonyl (C=O) groups excluding carboxylic acids is 2. The van der Waals surface area contributed by atoms with Crippen LogP contribution in [0.25, 0.3) is 0 Å². The molecule has 0 saturated heterocycles. The monoisotopic (exact) mass is 420 g/mol. The summed E-state index contributed by atoms with van der Waals surface area (Å²) in [7, 11) is 3.16. The maximum atomic E-state index is 12.7. The van der Waals surface area contributed by atoms with Gasteiger partial charge in [-0.15, -0.1) is 0 Å². The number of rotatable bonds is 9. The van der Waals surface area contributed by atoms with Crippen LogP contribution in [0, 0.1) is 0 Å². The molecule has 0 aliphatic rings. The van der Waals surface area contributed by atoms with Gasteiger partial charge in [0, 0.05) is 17.7 Å². The zero-order valence-electron chi connectivity index (χ0n) is 17.4. The van der Waals surface area contributed by atoms with Gasteiger partial charge >= 0.3 is 0 Å². The quantitative estimate of drug-likeness (QED) is 0.553. The molecule has 160 valence electrons. The minimum Gasteiger partial charge on any atom is -0.497 e. The maximum Gasteiger partial charge on any atom is 0.252 e. The summed E-state index contributed by atoms with van der Waals surface area (Å²) >= 11 is 0. The van der Waals surface area contributed by atoms with Crippen LogP contribution in [-0.2, 0) is 13.2 Å². The standard InChI is InChI=1S/C24H24N2O5/c1-29-19-10-11-21(30-2)18(13-19)14-26-24(28)17-7-5-6-16(12-17)15-31-22-9-4-3-8-20(22)23(25)27/h3-13H,14-15H2,1-2H3,(H2,25,27)(H,26,28). The lowest BCUT2D eigenvalue weighted by Crippen LogP contribution is -2.23. The van der Waals surface area contributed by atoms with Crippen LogP contribution in [0.4, 0.5) is 0 Å². The Hall–Kier alpha value is -4.00. The van der Waals surface area contributed by atoms with Crippen LogP contribution in [0.3, 0.4) is 0 Å². The number of carbonyl (C=O) groups is 2. The SMILES string of the molecule is COc1ccc(OC)c(CNC(=O)c2cccc(COc3ccccc3C(N)=O)c2)c1. The van der Waals surface area contributed by atoms with Crippen LogP contribution in [0.15, 0.2) is 66.7 Å². The predicted molar refractivity (Wildman–Crippen MR) is 116 cm³/mol. The first-order valence-electron chi connectivity index (χ1n) is 9.61. The molecule has 0 atom stereocenters.